The number of hydrogen-bond acceptors (Lipinski definition) is 4. The standard InChI is InChI=1S/C31H29ClF2N4O3/c1-4-19(3)23-16-37(29-24(32)12-9-13-25(29)33)30(39)22-14-26(34)27(15-21(22)23)38-31(40)36(5-2)28(35-38)18-41-17-20-10-7-6-8-11-20/h6-16,19H,4-5,17-18H2,1-3H3. The topological polar surface area (TPSA) is 71.0 Å². The van der Waals surface area contributed by atoms with Crippen molar-refractivity contribution in [3.63, 3.8) is 0 Å². The first-order chi connectivity index (χ1) is 19.7. The second-order valence-corrected chi connectivity index (χ2v) is 10.2. The molecule has 0 aliphatic rings. The fourth-order valence-electron chi connectivity index (χ4n) is 4.89. The van der Waals surface area contributed by atoms with E-state index in [0.29, 0.717) is 36.3 Å². The van der Waals surface area contributed by atoms with Crippen LogP contribution in [0.1, 0.15) is 50.1 Å². The van der Waals surface area contributed by atoms with Gasteiger partial charge in [-0.05, 0) is 60.0 Å². The molecule has 10 heteroatoms. The molecular weight excluding hydrogens is 550 g/mol. The zero-order valence-corrected chi connectivity index (χ0v) is 23.7. The molecule has 41 heavy (non-hydrogen) atoms. The van der Waals surface area contributed by atoms with Gasteiger partial charge in [-0.25, -0.2) is 13.6 Å². The minimum absolute atomic E-state index is 0.0396. The summed E-state index contributed by atoms with van der Waals surface area (Å²) in [6.07, 6.45) is 2.24. The van der Waals surface area contributed by atoms with Gasteiger partial charge < -0.3 is 4.74 Å². The van der Waals surface area contributed by atoms with Crippen molar-refractivity contribution in [2.24, 2.45) is 0 Å². The summed E-state index contributed by atoms with van der Waals surface area (Å²) in [5.41, 5.74) is 0.291. The molecule has 5 rings (SSSR count). The van der Waals surface area contributed by atoms with Crippen molar-refractivity contribution in [2.75, 3.05) is 0 Å². The highest BCUT2D eigenvalue weighted by molar-refractivity contribution is 6.32. The van der Waals surface area contributed by atoms with Crippen LogP contribution in [0.2, 0.25) is 5.02 Å². The summed E-state index contributed by atoms with van der Waals surface area (Å²) in [6.45, 7) is 6.41. The molecule has 7 nitrogen and oxygen atoms in total. The summed E-state index contributed by atoms with van der Waals surface area (Å²) in [6, 6.07) is 16.3. The molecule has 1 atom stereocenters. The van der Waals surface area contributed by atoms with Crippen LogP contribution in [0.4, 0.5) is 8.78 Å². The molecule has 2 heterocycles. The Kier molecular flexibility index (Phi) is 8.19. The van der Waals surface area contributed by atoms with Crippen molar-refractivity contribution in [3.05, 3.63) is 121 Å². The van der Waals surface area contributed by atoms with Crippen molar-refractivity contribution in [1.82, 2.24) is 18.9 Å². The number of nitrogens with zero attached hydrogens (tertiary/aromatic N) is 4. The van der Waals surface area contributed by atoms with Gasteiger partial charge in [-0.3, -0.25) is 13.9 Å². The van der Waals surface area contributed by atoms with Crippen LogP contribution in [0.15, 0.2) is 76.4 Å². The largest absolute Gasteiger partial charge is 0.369 e. The highest BCUT2D eigenvalue weighted by atomic mass is 35.5. The lowest BCUT2D eigenvalue weighted by Gasteiger charge is -2.18. The van der Waals surface area contributed by atoms with E-state index in [2.05, 4.69) is 5.10 Å². The molecule has 0 bridgehead atoms. The average Bonchev–Trinajstić information content (AvgIpc) is 3.28. The van der Waals surface area contributed by atoms with Gasteiger partial charge in [0.25, 0.3) is 5.56 Å². The highest BCUT2D eigenvalue weighted by Crippen LogP contribution is 2.31. The molecule has 212 valence electrons. The van der Waals surface area contributed by atoms with Gasteiger partial charge in [-0.2, -0.15) is 4.68 Å². The summed E-state index contributed by atoms with van der Waals surface area (Å²) < 4.78 is 39.9. The molecule has 0 fully saturated rings. The van der Waals surface area contributed by atoms with Crippen molar-refractivity contribution in [1.29, 1.82) is 0 Å². The van der Waals surface area contributed by atoms with E-state index >= 15 is 4.39 Å². The van der Waals surface area contributed by atoms with E-state index in [9.17, 15) is 14.0 Å². The molecule has 0 spiro atoms. The third-order valence-electron chi connectivity index (χ3n) is 7.26. The molecule has 1 unspecified atom stereocenters. The van der Waals surface area contributed by atoms with Crippen LogP contribution >= 0.6 is 11.6 Å². The van der Waals surface area contributed by atoms with E-state index in [-0.39, 0.29) is 34.3 Å². The summed E-state index contributed by atoms with van der Waals surface area (Å²) in [4.78, 5) is 26.9. The van der Waals surface area contributed by atoms with Crippen LogP contribution in [-0.2, 0) is 24.5 Å². The fourth-order valence-corrected chi connectivity index (χ4v) is 5.14. The molecule has 0 aliphatic heterocycles. The van der Waals surface area contributed by atoms with Crippen LogP contribution in [0.3, 0.4) is 0 Å². The number of fused-ring (bicyclic) bond motifs is 1. The van der Waals surface area contributed by atoms with Gasteiger partial charge in [0.05, 0.1) is 17.0 Å². The zero-order chi connectivity index (χ0) is 29.3. The Labute approximate surface area is 240 Å². The van der Waals surface area contributed by atoms with Crippen molar-refractivity contribution < 1.29 is 13.5 Å². The Balaban J connectivity index is 1.64. The lowest BCUT2D eigenvalue weighted by Crippen LogP contribution is -2.25. The maximum atomic E-state index is 15.7. The monoisotopic (exact) mass is 578 g/mol. The highest BCUT2D eigenvalue weighted by Gasteiger charge is 2.22. The smallest absolute Gasteiger partial charge is 0.350 e. The number of halogens is 3. The van der Waals surface area contributed by atoms with Gasteiger partial charge in [0.2, 0.25) is 0 Å². The van der Waals surface area contributed by atoms with Crippen LogP contribution < -0.4 is 11.2 Å². The Morgan fingerprint density at radius 2 is 1.71 bits per heavy atom. The number of pyridine rings is 1. The van der Waals surface area contributed by atoms with E-state index in [1.165, 1.54) is 28.8 Å². The summed E-state index contributed by atoms with van der Waals surface area (Å²) >= 11 is 6.28. The molecule has 0 aliphatic carbocycles. The predicted molar refractivity (Wildman–Crippen MR) is 155 cm³/mol. The first-order valence-electron chi connectivity index (χ1n) is 13.4. The fraction of sp³-hybridized carbons (Fsp3) is 0.258. The number of hydrogen-bond donors (Lipinski definition) is 0. The molecule has 5 aromatic rings. The van der Waals surface area contributed by atoms with E-state index in [1.807, 2.05) is 44.2 Å². The average molecular weight is 579 g/mol. The Morgan fingerprint density at radius 1 is 0.951 bits per heavy atom. The maximum Gasteiger partial charge on any atom is 0.350 e. The normalized spacial score (nSPS) is 12.2. The van der Waals surface area contributed by atoms with Gasteiger partial charge in [-0.15, -0.1) is 5.10 Å². The van der Waals surface area contributed by atoms with Gasteiger partial charge in [0.1, 0.15) is 29.6 Å². The van der Waals surface area contributed by atoms with Gasteiger partial charge in [0, 0.05) is 12.7 Å². The summed E-state index contributed by atoms with van der Waals surface area (Å²) in [7, 11) is 0. The van der Waals surface area contributed by atoms with Crippen LogP contribution in [0.25, 0.3) is 22.1 Å². The first kappa shape index (κ1) is 28.4. The number of benzene rings is 3. The number of aromatic nitrogens is 4. The Hall–Kier alpha value is -4.08. The molecule has 0 N–H and O–H groups in total. The van der Waals surface area contributed by atoms with Crippen molar-refractivity contribution in [2.45, 2.75) is 52.9 Å². The van der Waals surface area contributed by atoms with E-state index in [0.717, 1.165) is 20.9 Å². The molecule has 0 radical (unpaired) electrons. The van der Waals surface area contributed by atoms with Crippen LogP contribution in [0, 0.1) is 11.6 Å². The molecular formula is C31H29ClF2N4O3. The molecule has 0 saturated carbocycles. The van der Waals surface area contributed by atoms with Crippen LogP contribution in [-0.4, -0.2) is 18.9 Å². The second kappa shape index (κ2) is 11.8. The maximum absolute atomic E-state index is 15.7. The molecule has 3 aromatic carbocycles. The third-order valence-corrected chi connectivity index (χ3v) is 7.57. The second-order valence-electron chi connectivity index (χ2n) is 9.82. The molecule has 2 aromatic heterocycles. The predicted octanol–water partition coefficient (Wildman–Crippen LogP) is 6.52. The SMILES string of the molecule is CCC(C)c1cn(-c2c(F)cccc2Cl)c(=O)c2cc(F)c(-n3nc(COCc4ccccc4)n(CC)c3=O)cc12. The lowest BCUT2D eigenvalue weighted by molar-refractivity contribution is 0.0989. The van der Waals surface area contributed by atoms with Gasteiger partial charge in [0.15, 0.2) is 5.82 Å². The first-order valence-corrected chi connectivity index (χ1v) is 13.8. The summed E-state index contributed by atoms with van der Waals surface area (Å²) in [5.74, 6) is -1.23. The van der Waals surface area contributed by atoms with E-state index in [1.54, 1.807) is 13.1 Å². The number of ether oxygens (including phenoxy) is 1. The summed E-state index contributed by atoms with van der Waals surface area (Å²) in [5, 5.41) is 4.95. The van der Waals surface area contributed by atoms with E-state index < -0.39 is 22.9 Å². The van der Waals surface area contributed by atoms with Gasteiger partial charge in [-0.1, -0.05) is 61.8 Å². The quantitative estimate of drug-likeness (QED) is 0.200. The van der Waals surface area contributed by atoms with E-state index in [4.69, 9.17) is 16.3 Å². The number of para-hydroxylation sites is 1. The zero-order valence-electron chi connectivity index (χ0n) is 22.9. The van der Waals surface area contributed by atoms with Crippen molar-refractivity contribution >= 4 is 22.4 Å². The van der Waals surface area contributed by atoms with Crippen LogP contribution in [0.5, 0.6) is 0 Å². The minimum Gasteiger partial charge on any atom is -0.369 e. The Morgan fingerprint density at radius 3 is 2.39 bits per heavy atom. The number of rotatable bonds is 9. The Bertz CT molecular complexity index is 1830. The minimum atomic E-state index is -0.818. The van der Waals surface area contributed by atoms with Crippen molar-refractivity contribution in [3.8, 4) is 11.4 Å². The lowest BCUT2D eigenvalue weighted by atomic mass is 9.94. The molecule has 0 saturated heterocycles. The third kappa shape index (κ3) is 5.35. The molecule has 0 amide bonds. The van der Waals surface area contributed by atoms with Gasteiger partial charge >= 0.3 is 5.69 Å².